The average molecular weight is 313 g/mol. The van der Waals surface area contributed by atoms with Crippen LogP contribution in [0.1, 0.15) is 24.9 Å². The Morgan fingerprint density at radius 3 is 2.83 bits per heavy atom. The summed E-state index contributed by atoms with van der Waals surface area (Å²) in [7, 11) is 1.70. The van der Waals surface area contributed by atoms with Gasteiger partial charge in [-0.2, -0.15) is 0 Å². The quantitative estimate of drug-likeness (QED) is 0.849. The maximum absolute atomic E-state index is 5.89. The van der Waals surface area contributed by atoms with Gasteiger partial charge in [0.15, 0.2) is 0 Å². The molecule has 100 valence electrons. The molecule has 18 heavy (non-hydrogen) atoms. The molecule has 1 aromatic carbocycles. The minimum absolute atomic E-state index is 0.158. The van der Waals surface area contributed by atoms with Gasteiger partial charge in [-0.1, -0.05) is 22.9 Å². The molecule has 0 bridgehead atoms. The maximum Gasteiger partial charge on any atom is 0.123 e. The van der Waals surface area contributed by atoms with Gasteiger partial charge in [-0.15, -0.1) is 0 Å². The lowest BCUT2D eigenvalue weighted by molar-refractivity contribution is 0.398. The molecule has 3 nitrogen and oxygen atoms in total. The normalized spacial score (nSPS) is 23.8. The molecule has 0 aliphatic heterocycles. The molecule has 0 radical (unpaired) electrons. The van der Waals surface area contributed by atoms with Crippen LogP contribution in [0, 0.1) is 11.8 Å². The predicted molar refractivity (Wildman–Crippen MR) is 77.8 cm³/mol. The number of rotatable bonds is 6. The zero-order chi connectivity index (χ0) is 13.1. The number of nitrogens with one attached hydrogen (secondary N) is 1. The Hall–Kier alpha value is -0.580. The highest BCUT2D eigenvalue weighted by atomic mass is 79.9. The van der Waals surface area contributed by atoms with Gasteiger partial charge in [0, 0.05) is 22.6 Å². The van der Waals surface area contributed by atoms with E-state index in [1.807, 2.05) is 12.1 Å². The zero-order valence-electron chi connectivity index (χ0n) is 10.9. The summed E-state index contributed by atoms with van der Waals surface area (Å²) in [5.41, 5.74) is 7.01. The van der Waals surface area contributed by atoms with Crippen LogP contribution in [0.3, 0.4) is 0 Å². The van der Waals surface area contributed by atoms with Crippen molar-refractivity contribution in [3.8, 4) is 5.75 Å². The average Bonchev–Trinajstić information content (AvgIpc) is 3.06. The summed E-state index contributed by atoms with van der Waals surface area (Å²) in [6.07, 6.45) is 1.33. The molecule has 3 unspecified atom stereocenters. The third kappa shape index (κ3) is 3.25. The van der Waals surface area contributed by atoms with Crippen LogP contribution < -0.4 is 15.8 Å². The lowest BCUT2D eigenvalue weighted by atomic mass is 10.1. The van der Waals surface area contributed by atoms with E-state index in [9.17, 15) is 0 Å². The molecule has 3 N–H and O–H groups in total. The van der Waals surface area contributed by atoms with E-state index in [0.717, 1.165) is 34.2 Å². The van der Waals surface area contributed by atoms with Crippen LogP contribution in [-0.2, 0) is 0 Å². The van der Waals surface area contributed by atoms with Crippen LogP contribution in [0.15, 0.2) is 22.7 Å². The summed E-state index contributed by atoms with van der Waals surface area (Å²) in [5.74, 6) is 2.57. The van der Waals surface area contributed by atoms with E-state index < -0.39 is 0 Å². The molecule has 1 saturated carbocycles. The third-order valence-electron chi connectivity index (χ3n) is 3.71. The standard InChI is InChI=1S/C14H21BrN2O/c1-9-5-10(9)8-17-13(7-16)12-6-11(15)3-4-14(12)18-2/h3-4,6,9-10,13,17H,5,7-8,16H2,1-2H3. The first-order valence-electron chi connectivity index (χ1n) is 6.42. The van der Waals surface area contributed by atoms with Crippen LogP contribution in [0.5, 0.6) is 5.75 Å². The van der Waals surface area contributed by atoms with Crippen LogP contribution in [0.25, 0.3) is 0 Å². The second kappa shape index (κ2) is 6.04. The third-order valence-corrected chi connectivity index (χ3v) is 4.20. The summed E-state index contributed by atoms with van der Waals surface area (Å²) in [6, 6.07) is 6.20. The van der Waals surface area contributed by atoms with Gasteiger partial charge in [-0.05, 0) is 43.0 Å². The van der Waals surface area contributed by atoms with Crippen LogP contribution >= 0.6 is 15.9 Å². The first kappa shape index (κ1) is 13.8. The lowest BCUT2D eigenvalue weighted by Crippen LogP contribution is -2.30. The number of halogens is 1. The summed E-state index contributed by atoms with van der Waals surface area (Å²) in [4.78, 5) is 0. The van der Waals surface area contributed by atoms with E-state index in [1.54, 1.807) is 7.11 Å². The van der Waals surface area contributed by atoms with E-state index in [2.05, 4.69) is 34.2 Å². The highest BCUT2D eigenvalue weighted by Gasteiger charge is 2.32. The number of ether oxygens (including phenoxy) is 1. The predicted octanol–water partition coefficient (Wildman–Crippen LogP) is 2.70. The molecule has 4 heteroatoms. The van der Waals surface area contributed by atoms with E-state index in [4.69, 9.17) is 10.5 Å². The van der Waals surface area contributed by atoms with Gasteiger partial charge in [0.05, 0.1) is 7.11 Å². The summed E-state index contributed by atoms with van der Waals surface area (Å²) >= 11 is 3.50. The zero-order valence-corrected chi connectivity index (χ0v) is 12.5. The summed E-state index contributed by atoms with van der Waals surface area (Å²) in [6.45, 7) is 3.91. The first-order valence-corrected chi connectivity index (χ1v) is 7.22. The molecule has 3 atom stereocenters. The molecule has 0 spiro atoms. The number of methoxy groups -OCH3 is 1. The Morgan fingerprint density at radius 1 is 1.56 bits per heavy atom. The van der Waals surface area contributed by atoms with Crippen molar-refractivity contribution in [1.82, 2.24) is 5.32 Å². The van der Waals surface area contributed by atoms with Gasteiger partial charge < -0.3 is 15.8 Å². The van der Waals surface area contributed by atoms with Gasteiger partial charge >= 0.3 is 0 Å². The lowest BCUT2D eigenvalue weighted by Gasteiger charge is -2.20. The van der Waals surface area contributed by atoms with Crippen molar-refractivity contribution in [3.63, 3.8) is 0 Å². The molecule has 0 aromatic heterocycles. The van der Waals surface area contributed by atoms with Crippen molar-refractivity contribution < 1.29 is 4.74 Å². The van der Waals surface area contributed by atoms with Gasteiger partial charge in [-0.25, -0.2) is 0 Å². The minimum atomic E-state index is 0.158. The van der Waals surface area contributed by atoms with Crippen molar-refractivity contribution >= 4 is 15.9 Å². The van der Waals surface area contributed by atoms with Crippen LogP contribution in [0.4, 0.5) is 0 Å². The fraction of sp³-hybridized carbons (Fsp3) is 0.571. The molecule has 1 aliphatic carbocycles. The smallest absolute Gasteiger partial charge is 0.123 e. The maximum atomic E-state index is 5.89. The van der Waals surface area contributed by atoms with Gasteiger partial charge in [0.1, 0.15) is 5.75 Å². The number of hydrogen-bond donors (Lipinski definition) is 2. The summed E-state index contributed by atoms with van der Waals surface area (Å²) < 4.78 is 6.46. The Kier molecular flexibility index (Phi) is 4.65. The van der Waals surface area contributed by atoms with E-state index >= 15 is 0 Å². The molecule has 2 rings (SSSR count). The molecule has 1 aromatic rings. The first-order chi connectivity index (χ1) is 8.65. The van der Waals surface area contributed by atoms with E-state index in [0.29, 0.717) is 6.54 Å². The van der Waals surface area contributed by atoms with Gasteiger partial charge in [0.25, 0.3) is 0 Å². The minimum Gasteiger partial charge on any atom is -0.496 e. The largest absolute Gasteiger partial charge is 0.496 e. The Morgan fingerprint density at radius 2 is 2.28 bits per heavy atom. The van der Waals surface area contributed by atoms with Gasteiger partial charge in [-0.3, -0.25) is 0 Å². The Labute approximate surface area is 117 Å². The SMILES string of the molecule is COc1ccc(Br)cc1C(CN)NCC1CC1C. The number of hydrogen-bond acceptors (Lipinski definition) is 3. The number of nitrogens with two attached hydrogens (primary N) is 1. The van der Waals surface area contributed by atoms with E-state index in [1.165, 1.54) is 6.42 Å². The van der Waals surface area contributed by atoms with Crippen LogP contribution in [-0.4, -0.2) is 20.2 Å². The molecule has 0 saturated heterocycles. The van der Waals surface area contributed by atoms with Crippen LogP contribution in [0.2, 0.25) is 0 Å². The van der Waals surface area contributed by atoms with Gasteiger partial charge in [0.2, 0.25) is 0 Å². The molecule has 1 fully saturated rings. The van der Waals surface area contributed by atoms with Crippen molar-refractivity contribution in [2.24, 2.45) is 17.6 Å². The topological polar surface area (TPSA) is 47.3 Å². The monoisotopic (exact) mass is 312 g/mol. The Balaban J connectivity index is 2.07. The molecule has 0 heterocycles. The molecule has 0 amide bonds. The van der Waals surface area contributed by atoms with Crippen molar-refractivity contribution in [2.45, 2.75) is 19.4 Å². The second-order valence-electron chi connectivity index (χ2n) is 5.06. The molecular weight excluding hydrogens is 292 g/mol. The van der Waals surface area contributed by atoms with Crippen molar-refractivity contribution in [1.29, 1.82) is 0 Å². The second-order valence-corrected chi connectivity index (χ2v) is 5.97. The fourth-order valence-electron chi connectivity index (χ4n) is 2.27. The highest BCUT2D eigenvalue weighted by molar-refractivity contribution is 9.10. The Bertz CT molecular complexity index is 411. The molecular formula is C14H21BrN2O. The summed E-state index contributed by atoms with van der Waals surface area (Å²) in [5, 5.41) is 3.55. The molecule has 1 aliphatic rings. The number of benzene rings is 1. The fourth-order valence-corrected chi connectivity index (χ4v) is 2.65. The van der Waals surface area contributed by atoms with Crippen molar-refractivity contribution in [2.75, 3.05) is 20.2 Å². The van der Waals surface area contributed by atoms with Crippen molar-refractivity contribution in [3.05, 3.63) is 28.2 Å². The highest BCUT2D eigenvalue weighted by Crippen LogP contribution is 2.37. The van der Waals surface area contributed by atoms with E-state index in [-0.39, 0.29) is 6.04 Å².